The van der Waals surface area contributed by atoms with Gasteiger partial charge in [-0.1, -0.05) is 0 Å². The van der Waals surface area contributed by atoms with Gasteiger partial charge in [-0.25, -0.2) is 0 Å². The summed E-state index contributed by atoms with van der Waals surface area (Å²) in [6.07, 6.45) is 0. The van der Waals surface area contributed by atoms with Crippen LogP contribution < -0.4 is 10.1 Å². The summed E-state index contributed by atoms with van der Waals surface area (Å²) in [5.74, 6) is 0.838. The predicted molar refractivity (Wildman–Crippen MR) is 60.9 cm³/mol. The molecule has 1 aromatic rings. The Hall–Kier alpha value is -1.69. The van der Waals surface area contributed by atoms with Crippen molar-refractivity contribution >= 4 is 5.69 Å². The van der Waals surface area contributed by atoms with Gasteiger partial charge in [0.1, 0.15) is 17.9 Å². The Bertz CT molecular complexity index is 343. The van der Waals surface area contributed by atoms with E-state index in [4.69, 9.17) is 10.00 Å². The van der Waals surface area contributed by atoms with E-state index >= 15 is 0 Å². The minimum Gasteiger partial charge on any atom is -0.488 e. The Morgan fingerprint density at radius 2 is 1.87 bits per heavy atom. The quantitative estimate of drug-likeness (QED) is 0.770. The molecule has 0 amide bonds. The van der Waals surface area contributed by atoms with Gasteiger partial charge in [0.05, 0.1) is 6.07 Å². The van der Waals surface area contributed by atoms with Crippen LogP contribution in [0.4, 0.5) is 5.69 Å². The highest BCUT2D eigenvalue weighted by atomic mass is 16.5. The van der Waals surface area contributed by atoms with Crippen LogP contribution in [0.5, 0.6) is 5.75 Å². The molecule has 0 aliphatic rings. The molecule has 80 valence electrons. The number of rotatable bonds is 3. The van der Waals surface area contributed by atoms with Crippen molar-refractivity contribution in [1.82, 2.24) is 0 Å². The van der Waals surface area contributed by atoms with Gasteiger partial charge in [0.2, 0.25) is 0 Å². The van der Waals surface area contributed by atoms with Crippen molar-refractivity contribution in [2.24, 2.45) is 0 Å². The van der Waals surface area contributed by atoms with E-state index in [1.165, 1.54) is 0 Å². The molecule has 0 bridgehead atoms. The second-order valence-electron chi connectivity index (χ2n) is 4.25. The highest BCUT2D eigenvalue weighted by Gasteiger charge is 2.10. The van der Waals surface area contributed by atoms with E-state index in [0.717, 1.165) is 11.4 Å². The molecule has 0 unspecified atom stereocenters. The Labute approximate surface area is 90.7 Å². The van der Waals surface area contributed by atoms with Gasteiger partial charge in [0, 0.05) is 5.69 Å². The molecule has 15 heavy (non-hydrogen) atoms. The smallest absolute Gasteiger partial charge is 0.120 e. The third kappa shape index (κ3) is 4.37. The lowest BCUT2D eigenvalue weighted by Crippen LogP contribution is -2.22. The number of hydrogen-bond donors (Lipinski definition) is 1. The molecule has 0 fully saturated rings. The van der Waals surface area contributed by atoms with Gasteiger partial charge >= 0.3 is 0 Å². The highest BCUT2D eigenvalue weighted by Crippen LogP contribution is 2.20. The highest BCUT2D eigenvalue weighted by molar-refractivity contribution is 5.46. The third-order valence-electron chi connectivity index (χ3n) is 1.65. The Balaban J connectivity index is 2.61. The molecule has 1 N–H and O–H groups in total. The van der Waals surface area contributed by atoms with Crippen molar-refractivity contribution in [3.63, 3.8) is 0 Å². The summed E-state index contributed by atoms with van der Waals surface area (Å²) in [6, 6.07) is 9.62. The van der Waals surface area contributed by atoms with Crippen LogP contribution in [0.15, 0.2) is 24.3 Å². The monoisotopic (exact) mass is 204 g/mol. The predicted octanol–water partition coefficient (Wildman–Crippen LogP) is 2.80. The minimum absolute atomic E-state index is 0.179. The van der Waals surface area contributed by atoms with Gasteiger partial charge in [0.25, 0.3) is 0 Å². The summed E-state index contributed by atoms with van der Waals surface area (Å²) in [4.78, 5) is 0. The summed E-state index contributed by atoms with van der Waals surface area (Å²) >= 11 is 0. The fourth-order valence-corrected chi connectivity index (χ4v) is 1.14. The lowest BCUT2D eigenvalue weighted by molar-refractivity contribution is 0.131. The fourth-order valence-electron chi connectivity index (χ4n) is 1.14. The molecule has 0 aromatic heterocycles. The third-order valence-corrected chi connectivity index (χ3v) is 1.65. The van der Waals surface area contributed by atoms with Crippen molar-refractivity contribution in [1.29, 1.82) is 5.26 Å². The molecule has 0 aliphatic heterocycles. The van der Waals surface area contributed by atoms with Gasteiger partial charge in [-0.2, -0.15) is 5.26 Å². The molecule has 3 nitrogen and oxygen atoms in total. The van der Waals surface area contributed by atoms with E-state index < -0.39 is 0 Å². The standard InChI is InChI=1S/C12H16N2O/c1-12(2,3)15-11-6-4-10(5-7-11)14-9-8-13/h4-7,14H,9H2,1-3H3. The van der Waals surface area contributed by atoms with Crippen LogP contribution in [0.25, 0.3) is 0 Å². The molecule has 0 saturated heterocycles. The summed E-state index contributed by atoms with van der Waals surface area (Å²) < 4.78 is 5.67. The number of benzene rings is 1. The molecule has 1 rings (SSSR count). The zero-order chi connectivity index (χ0) is 11.3. The zero-order valence-corrected chi connectivity index (χ0v) is 9.37. The molecule has 0 atom stereocenters. The van der Waals surface area contributed by atoms with E-state index in [1.54, 1.807) is 0 Å². The summed E-state index contributed by atoms with van der Waals surface area (Å²) in [7, 11) is 0. The molecule has 0 spiro atoms. The number of ether oxygens (including phenoxy) is 1. The minimum atomic E-state index is -0.179. The first-order valence-corrected chi connectivity index (χ1v) is 4.91. The van der Waals surface area contributed by atoms with Crippen LogP contribution in [-0.4, -0.2) is 12.1 Å². The molecule has 0 radical (unpaired) electrons. The number of hydrogen-bond acceptors (Lipinski definition) is 3. The van der Waals surface area contributed by atoms with E-state index in [0.29, 0.717) is 6.54 Å². The maximum absolute atomic E-state index is 8.40. The van der Waals surface area contributed by atoms with Crippen LogP contribution in [-0.2, 0) is 0 Å². The summed E-state index contributed by atoms with van der Waals surface area (Å²) in [6.45, 7) is 6.35. The van der Waals surface area contributed by atoms with Crippen LogP contribution in [0, 0.1) is 11.3 Å². The first kappa shape index (κ1) is 11.4. The molecule has 1 aromatic carbocycles. The maximum atomic E-state index is 8.40. The van der Waals surface area contributed by atoms with Gasteiger partial charge in [0.15, 0.2) is 0 Å². The number of nitriles is 1. The molecule has 0 aliphatic carbocycles. The van der Waals surface area contributed by atoms with Gasteiger partial charge in [-0.05, 0) is 45.0 Å². The number of nitrogens with zero attached hydrogens (tertiary/aromatic N) is 1. The average Bonchev–Trinajstić information content (AvgIpc) is 2.14. The van der Waals surface area contributed by atoms with Crippen LogP contribution in [0.1, 0.15) is 20.8 Å². The van der Waals surface area contributed by atoms with Crippen molar-refractivity contribution in [2.75, 3.05) is 11.9 Å². The van der Waals surface area contributed by atoms with Crippen LogP contribution in [0.2, 0.25) is 0 Å². The molecule has 3 heteroatoms. The molecule has 0 heterocycles. The topological polar surface area (TPSA) is 45.0 Å². The lowest BCUT2D eigenvalue weighted by Gasteiger charge is -2.21. The summed E-state index contributed by atoms with van der Waals surface area (Å²) in [5, 5.41) is 11.4. The van der Waals surface area contributed by atoms with E-state index in [9.17, 15) is 0 Å². The van der Waals surface area contributed by atoms with E-state index in [2.05, 4.69) is 5.32 Å². The average molecular weight is 204 g/mol. The number of nitrogens with one attached hydrogen (secondary N) is 1. The second kappa shape index (κ2) is 4.70. The van der Waals surface area contributed by atoms with Crippen molar-refractivity contribution in [3.05, 3.63) is 24.3 Å². The Morgan fingerprint density at radius 1 is 1.27 bits per heavy atom. The summed E-state index contributed by atoms with van der Waals surface area (Å²) in [5.41, 5.74) is 0.750. The van der Waals surface area contributed by atoms with Gasteiger partial charge in [-0.3, -0.25) is 0 Å². The van der Waals surface area contributed by atoms with Crippen molar-refractivity contribution in [2.45, 2.75) is 26.4 Å². The van der Waals surface area contributed by atoms with E-state index in [-0.39, 0.29) is 5.60 Å². The van der Waals surface area contributed by atoms with Gasteiger partial charge < -0.3 is 10.1 Å². The second-order valence-corrected chi connectivity index (χ2v) is 4.25. The fraction of sp³-hybridized carbons (Fsp3) is 0.417. The molecular formula is C12H16N2O. The first-order valence-electron chi connectivity index (χ1n) is 4.91. The lowest BCUT2D eigenvalue weighted by atomic mass is 10.2. The zero-order valence-electron chi connectivity index (χ0n) is 9.37. The van der Waals surface area contributed by atoms with Crippen molar-refractivity contribution in [3.8, 4) is 11.8 Å². The number of anilines is 1. The first-order chi connectivity index (χ1) is 7.01. The largest absolute Gasteiger partial charge is 0.488 e. The van der Waals surface area contributed by atoms with Crippen LogP contribution in [0.3, 0.4) is 0 Å². The molecular weight excluding hydrogens is 188 g/mol. The SMILES string of the molecule is CC(C)(C)Oc1ccc(NCC#N)cc1. The Morgan fingerprint density at radius 3 is 2.33 bits per heavy atom. The van der Waals surface area contributed by atoms with E-state index in [1.807, 2.05) is 51.1 Å². The van der Waals surface area contributed by atoms with Crippen LogP contribution >= 0.6 is 0 Å². The Kier molecular flexibility index (Phi) is 3.56. The van der Waals surface area contributed by atoms with Gasteiger partial charge in [-0.15, -0.1) is 0 Å². The maximum Gasteiger partial charge on any atom is 0.120 e. The normalized spacial score (nSPS) is 10.5. The molecule has 0 saturated carbocycles. The van der Waals surface area contributed by atoms with Crippen molar-refractivity contribution < 1.29 is 4.74 Å².